The molecule has 1 saturated heterocycles. The largest absolute Gasteiger partial charge is 0.378 e. The van der Waals surface area contributed by atoms with Gasteiger partial charge in [-0.2, -0.15) is 0 Å². The highest BCUT2D eigenvalue weighted by molar-refractivity contribution is 5.06. The second-order valence-electron chi connectivity index (χ2n) is 8.52. The zero-order chi connectivity index (χ0) is 14.4. The van der Waals surface area contributed by atoms with Gasteiger partial charge in [0.1, 0.15) is 0 Å². The molecule has 21 heavy (non-hydrogen) atoms. The van der Waals surface area contributed by atoms with Crippen LogP contribution in [0.4, 0.5) is 0 Å². The van der Waals surface area contributed by atoms with Gasteiger partial charge in [0, 0.05) is 25.2 Å². The Morgan fingerprint density at radius 1 is 1.14 bits per heavy atom. The Morgan fingerprint density at radius 3 is 2.33 bits per heavy atom. The zero-order valence-corrected chi connectivity index (χ0v) is 13.6. The molecule has 0 aromatic rings. The molecule has 1 heterocycles. The minimum absolute atomic E-state index is 0.387. The molecule has 3 nitrogen and oxygen atoms in total. The van der Waals surface area contributed by atoms with Crippen molar-refractivity contribution < 1.29 is 4.74 Å². The number of nitrogens with two attached hydrogens (primary N) is 1. The highest BCUT2D eigenvalue weighted by Gasteiger charge is 2.53. The van der Waals surface area contributed by atoms with Crippen LogP contribution < -0.4 is 5.73 Å². The van der Waals surface area contributed by atoms with Crippen LogP contribution in [0.3, 0.4) is 0 Å². The van der Waals surface area contributed by atoms with Crippen molar-refractivity contribution in [1.29, 1.82) is 0 Å². The highest BCUT2D eigenvalue weighted by atomic mass is 16.5. The summed E-state index contributed by atoms with van der Waals surface area (Å²) in [5.74, 6) is 3.02. The van der Waals surface area contributed by atoms with Crippen molar-refractivity contribution in [3.8, 4) is 0 Å². The van der Waals surface area contributed by atoms with Gasteiger partial charge in [-0.3, -0.25) is 4.90 Å². The lowest BCUT2D eigenvalue weighted by Crippen LogP contribution is -2.59. The van der Waals surface area contributed by atoms with Crippen molar-refractivity contribution in [2.75, 3.05) is 26.3 Å². The Balaban J connectivity index is 1.45. The molecule has 5 aliphatic rings. The van der Waals surface area contributed by atoms with Gasteiger partial charge in [-0.1, -0.05) is 6.92 Å². The van der Waals surface area contributed by atoms with E-state index in [1.807, 2.05) is 0 Å². The summed E-state index contributed by atoms with van der Waals surface area (Å²) in [4.78, 5) is 2.63. The lowest BCUT2D eigenvalue weighted by molar-refractivity contribution is -0.0814. The van der Waals surface area contributed by atoms with Gasteiger partial charge in [0.05, 0.1) is 13.2 Å². The van der Waals surface area contributed by atoms with Crippen LogP contribution >= 0.6 is 0 Å². The number of nitrogens with zero attached hydrogens (tertiary/aromatic N) is 1. The lowest BCUT2D eigenvalue weighted by atomic mass is 9.48. The Morgan fingerprint density at radius 2 is 1.76 bits per heavy atom. The normalized spacial score (nSPS) is 47.7. The SMILES string of the molecule is CCC1COCCN1CC(N)C12CC3CC(CC(C3)C1)C2. The van der Waals surface area contributed by atoms with E-state index in [2.05, 4.69) is 11.8 Å². The quantitative estimate of drug-likeness (QED) is 0.866. The molecule has 1 aliphatic heterocycles. The summed E-state index contributed by atoms with van der Waals surface area (Å²) in [6.07, 6.45) is 10.0. The first-order chi connectivity index (χ1) is 10.2. The van der Waals surface area contributed by atoms with E-state index in [1.54, 1.807) is 0 Å². The standard InChI is InChI=1S/C18H32N2O/c1-2-16-12-21-4-3-20(16)11-17(19)18-8-13-5-14(9-18)7-15(6-13)10-18/h13-17H,2-12,19H2,1H3. The molecule has 2 atom stereocenters. The average molecular weight is 292 g/mol. The molecule has 4 saturated carbocycles. The molecule has 4 bridgehead atoms. The van der Waals surface area contributed by atoms with Crippen LogP contribution in [0.5, 0.6) is 0 Å². The molecule has 0 radical (unpaired) electrons. The molecule has 5 rings (SSSR count). The predicted molar refractivity (Wildman–Crippen MR) is 85.1 cm³/mol. The summed E-state index contributed by atoms with van der Waals surface area (Å²) in [5.41, 5.74) is 7.33. The highest BCUT2D eigenvalue weighted by Crippen LogP contribution is 2.61. The van der Waals surface area contributed by atoms with Gasteiger partial charge in [0.15, 0.2) is 0 Å². The molecule has 3 heteroatoms. The van der Waals surface area contributed by atoms with Crippen molar-refractivity contribution in [1.82, 2.24) is 4.90 Å². The van der Waals surface area contributed by atoms with Gasteiger partial charge >= 0.3 is 0 Å². The Labute approximate surface area is 129 Å². The zero-order valence-electron chi connectivity index (χ0n) is 13.6. The molecule has 0 aromatic heterocycles. The van der Waals surface area contributed by atoms with Crippen molar-refractivity contribution in [2.24, 2.45) is 28.9 Å². The van der Waals surface area contributed by atoms with E-state index >= 15 is 0 Å². The summed E-state index contributed by atoms with van der Waals surface area (Å²) in [5, 5.41) is 0. The summed E-state index contributed by atoms with van der Waals surface area (Å²) < 4.78 is 5.65. The fourth-order valence-corrected chi connectivity index (χ4v) is 6.38. The summed E-state index contributed by atoms with van der Waals surface area (Å²) in [6, 6.07) is 0.983. The molecule has 2 unspecified atom stereocenters. The first kappa shape index (κ1) is 14.5. The molecule has 5 fully saturated rings. The van der Waals surface area contributed by atoms with Crippen molar-refractivity contribution in [3.05, 3.63) is 0 Å². The van der Waals surface area contributed by atoms with Gasteiger partial charge in [-0.25, -0.2) is 0 Å². The van der Waals surface area contributed by atoms with E-state index in [0.717, 1.165) is 44.1 Å². The van der Waals surface area contributed by atoms with Crippen LogP contribution in [-0.2, 0) is 4.74 Å². The van der Waals surface area contributed by atoms with Gasteiger partial charge in [-0.05, 0) is 68.1 Å². The minimum Gasteiger partial charge on any atom is -0.378 e. The lowest BCUT2D eigenvalue weighted by Gasteiger charge is -2.59. The molecule has 0 spiro atoms. The van der Waals surface area contributed by atoms with E-state index in [-0.39, 0.29) is 0 Å². The number of morpholine rings is 1. The van der Waals surface area contributed by atoms with Crippen molar-refractivity contribution >= 4 is 0 Å². The van der Waals surface area contributed by atoms with Gasteiger partial charge in [0.25, 0.3) is 0 Å². The monoisotopic (exact) mass is 292 g/mol. The second kappa shape index (κ2) is 5.50. The third-order valence-corrected chi connectivity index (χ3v) is 7.12. The van der Waals surface area contributed by atoms with Crippen molar-refractivity contribution in [2.45, 2.75) is 64.0 Å². The first-order valence-corrected chi connectivity index (χ1v) is 9.26. The third-order valence-electron chi connectivity index (χ3n) is 7.12. The van der Waals surface area contributed by atoms with Crippen LogP contribution in [0.25, 0.3) is 0 Å². The average Bonchev–Trinajstić information content (AvgIpc) is 2.46. The predicted octanol–water partition coefficient (Wildman–Crippen LogP) is 2.64. The maximum absolute atomic E-state index is 6.84. The van der Waals surface area contributed by atoms with Crippen LogP contribution in [0.2, 0.25) is 0 Å². The van der Waals surface area contributed by atoms with Gasteiger partial charge in [-0.15, -0.1) is 0 Å². The van der Waals surface area contributed by atoms with E-state index in [9.17, 15) is 0 Å². The molecular formula is C18H32N2O. The number of ether oxygens (including phenoxy) is 1. The maximum atomic E-state index is 6.84. The van der Waals surface area contributed by atoms with E-state index in [4.69, 9.17) is 10.5 Å². The Kier molecular flexibility index (Phi) is 3.79. The Bertz CT molecular complexity index is 348. The number of hydrogen-bond donors (Lipinski definition) is 1. The molecule has 0 amide bonds. The van der Waals surface area contributed by atoms with Crippen LogP contribution in [0.15, 0.2) is 0 Å². The smallest absolute Gasteiger partial charge is 0.0622 e. The van der Waals surface area contributed by atoms with Gasteiger partial charge < -0.3 is 10.5 Å². The fourth-order valence-electron chi connectivity index (χ4n) is 6.38. The Hall–Kier alpha value is -0.120. The van der Waals surface area contributed by atoms with Gasteiger partial charge in [0.2, 0.25) is 0 Å². The van der Waals surface area contributed by atoms with Crippen molar-refractivity contribution in [3.63, 3.8) is 0 Å². The molecule has 0 aromatic carbocycles. The molecular weight excluding hydrogens is 260 g/mol. The molecule has 120 valence electrons. The van der Waals surface area contributed by atoms with Crippen LogP contribution in [0.1, 0.15) is 51.9 Å². The number of hydrogen-bond acceptors (Lipinski definition) is 3. The van der Waals surface area contributed by atoms with E-state index in [0.29, 0.717) is 17.5 Å². The minimum atomic E-state index is 0.387. The van der Waals surface area contributed by atoms with E-state index in [1.165, 1.54) is 44.9 Å². The molecule has 2 N–H and O–H groups in total. The summed E-state index contributed by atoms with van der Waals surface area (Å²) in [7, 11) is 0. The maximum Gasteiger partial charge on any atom is 0.0622 e. The fraction of sp³-hybridized carbons (Fsp3) is 1.00. The topological polar surface area (TPSA) is 38.5 Å². The third kappa shape index (κ3) is 2.55. The second-order valence-corrected chi connectivity index (χ2v) is 8.52. The van der Waals surface area contributed by atoms with Crippen LogP contribution in [-0.4, -0.2) is 43.3 Å². The van der Waals surface area contributed by atoms with E-state index < -0.39 is 0 Å². The number of rotatable bonds is 4. The summed E-state index contributed by atoms with van der Waals surface area (Å²) in [6.45, 7) is 6.27. The van der Waals surface area contributed by atoms with Crippen LogP contribution in [0, 0.1) is 23.2 Å². The molecule has 4 aliphatic carbocycles. The first-order valence-electron chi connectivity index (χ1n) is 9.26. The summed E-state index contributed by atoms with van der Waals surface area (Å²) >= 11 is 0.